The Hall–Kier alpha value is -1.38. The minimum atomic E-state index is 0.635. The summed E-state index contributed by atoms with van der Waals surface area (Å²) in [5.74, 6) is 0.635. The molecule has 0 fully saturated rings. The Morgan fingerprint density at radius 2 is 2.58 bits per heavy atom. The first-order valence-corrected chi connectivity index (χ1v) is 3.87. The van der Waals surface area contributed by atoms with Gasteiger partial charge in [-0.3, -0.25) is 4.99 Å². The van der Waals surface area contributed by atoms with Crippen molar-refractivity contribution in [3.05, 3.63) is 24.4 Å². The van der Waals surface area contributed by atoms with Crippen LogP contribution < -0.4 is 0 Å². The molecular weight excluding hydrogens is 152 g/mol. The van der Waals surface area contributed by atoms with Crippen molar-refractivity contribution in [1.29, 1.82) is 0 Å². The lowest BCUT2D eigenvalue weighted by Crippen LogP contribution is -2.01. The fourth-order valence-electron chi connectivity index (χ4n) is 0.876. The van der Waals surface area contributed by atoms with E-state index >= 15 is 0 Å². The molecule has 0 aromatic heterocycles. The maximum Gasteiger partial charge on any atom is 0.235 e. The van der Waals surface area contributed by atoms with Crippen LogP contribution in [0.1, 0.15) is 6.92 Å². The molecule has 0 saturated carbocycles. The summed E-state index contributed by atoms with van der Waals surface area (Å²) in [7, 11) is 0. The van der Waals surface area contributed by atoms with Gasteiger partial charge in [-0.15, -0.1) is 0 Å². The van der Waals surface area contributed by atoms with Gasteiger partial charge in [0, 0.05) is 6.21 Å². The fraction of sp³-hybridized carbons (Fsp3) is 0.333. The summed E-state index contributed by atoms with van der Waals surface area (Å²) in [4.78, 5) is 8.24. The molecule has 3 nitrogen and oxygen atoms in total. The molecule has 0 N–H and O–H groups in total. The van der Waals surface area contributed by atoms with E-state index < -0.39 is 0 Å². The number of rotatable bonds is 3. The molecule has 0 aromatic carbocycles. The van der Waals surface area contributed by atoms with Crippen LogP contribution in [0.5, 0.6) is 0 Å². The average Bonchev–Trinajstić information content (AvgIpc) is 2.59. The Morgan fingerprint density at radius 1 is 1.75 bits per heavy atom. The van der Waals surface area contributed by atoms with E-state index in [0.29, 0.717) is 12.5 Å². The van der Waals surface area contributed by atoms with Gasteiger partial charge in [0.05, 0.1) is 6.54 Å². The van der Waals surface area contributed by atoms with Crippen LogP contribution in [0.3, 0.4) is 0 Å². The van der Waals surface area contributed by atoms with Crippen LogP contribution in [-0.4, -0.2) is 25.3 Å². The largest absolute Gasteiger partial charge is 0.474 e. The van der Waals surface area contributed by atoms with Crippen molar-refractivity contribution in [1.82, 2.24) is 0 Å². The monoisotopic (exact) mass is 164 g/mol. The molecule has 0 atom stereocenters. The van der Waals surface area contributed by atoms with E-state index in [2.05, 4.69) is 16.6 Å². The number of nitrogens with zero attached hydrogens (tertiary/aromatic N) is 2. The van der Waals surface area contributed by atoms with Crippen LogP contribution in [0.25, 0.3) is 0 Å². The van der Waals surface area contributed by atoms with Gasteiger partial charge in [0.2, 0.25) is 5.90 Å². The summed E-state index contributed by atoms with van der Waals surface area (Å²) in [6, 6.07) is 0. The van der Waals surface area contributed by atoms with Crippen molar-refractivity contribution in [3.63, 3.8) is 0 Å². The summed E-state index contributed by atoms with van der Waals surface area (Å²) in [5, 5.41) is 0. The molecule has 0 spiro atoms. The van der Waals surface area contributed by atoms with E-state index in [0.717, 1.165) is 12.2 Å². The van der Waals surface area contributed by atoms with Crippen LogP contribution in [0.4, 0.5) is 0 Å². The second kappa shape index (κ2) is 4.49. The van der Waals surface area contributed by atoms with E-state index in [9.17, 15) is 0 Å². The van der Waals surface area contributed by atoms with Crippen LogP contribution in [0.2, 0.25) is 0 Å². The van der Waals surface area contributed by atoms with Crippen molar-refractivity contribution in [2.45, 2.75) is 6.92 Å². The quantitative estimate of drug-likeness (QED) is 0.583. The Kier molecular flexibility index (Phi) is 3.26. The van der Waals surface area contributed by atoms with Gasteiger partial charge >= 0.3 is 0 Å². The third-order valence-electron chi connectivity index (χ3n) is 1.40. The van der Waals surface area contributed by atoms with Gasteiger partial charge in [0.25, 0.3) is 0 Å². The van der Waals surface area contributed by atoms with E-state index in [-0.39, 0.29) is 0 Å². The predicted molar refractivity (Wildman–Crippen MR) is 50.7 cm³/mol. The molecule has 0 radical (unpaired) electrons. The Labute approximate surface area is 72.2 Å². The van der Waals surface area contributed by atoms with Crippen molar-refractivity contribution in [2.24, 2.45) is 9.98 Å². The van der Waals surface area contributed by atoms with Crippen LogP contribution >= 0.6 is 0 Å². The second-order valence-electron chi connectivity index (χ2n) is 2.22. The molecule has 3 heteroatoms. The molecule has 0 aromatic rings. The normalized spacial score (nSPS) is 17.8. The number of allylic oxidation sites excluding steroid dienone is 2. The summed E-state index contributed by atoms with van der Waals surface area (Å²) in [5.41, 5.74) is 0.771. The van der Waals surface area contributed by atoms with Crippen molar-refractivity contribution >= 4 is 12.1 Å². The Balaban J connectivity index is 2.68. The minimum Gasteiger partial charge on any atom is -0.474 e. The molecule has 1 heterocycles. The number of aliphatic imine (C=N–C) groups is 2. The van der Waals surface area contributed by atoms with Gasteiger partial charge in [-0.05, 0) is 6.92 Å². The van der Waals surface area contributed by atoms with E-state index in [1.165, 1.54) is 0 Å². The summed E-state index contributed by atoms with van der Waals surface area (Å²) < 4.78 is 5.24. The van der Waals surface area contributed by atoms with E-state index in [1.807, 2.05) is 13.0 Å². The molecule has 0 aliphatic carbocycles. The minimum absolute atomic E-state index is 0.635. The van der Waals surface area contributed by atoms with Gasteiger partial charge < -0.3 is 4.74 Å². The van der Waals surface area contributed by atoms with Crippen LogP contribution in [-0.2, 0) is 4.74 Å². The lowest BCUT2D eigenvalue weighted by Gasteiger charge is -1.99. The molecule has 1 rings (SSSR count). The molecular formula is C9H12N2O. The summed E-state index contributed by atoms with van der Waals surface area (Å²) in [6.45, 7) is 6.83. The molecule has 1 aliphatic rings. The molecule has 0 amide bonds. The van der Waals surface area contributed by atoms with Crippen LogP contribution in [0, 0.1) is 0 Å². The smallest absolute Gasteiger partial charge is 0.235 e. The first-order chi connectivity index (χ1) is 5.88. The third kappa shape index (κ3) is 2.05. The maximum absolute atomic E-state index is 5.24. The van der Waals surface area contributed by atoms with Gasteiger partial charge in [-0.2, -0.15) is 0 Å². The summed E-state index contributed by atoms with van der Waals surface area (Å²) >= 11 is 0. The van der Waals surface area contributed by atoms with Crippen molar-refractivity contribution in [3.8, 4) is 0 Å². The third-order valence-corrected chi connectivity index (χ3v) is 1.40. The van der Waals surface area contributed by atoms with Crippen molar-refractivity contribution in [2.75, 3.05) is 13.2 Å². The highest BCUT2D eigenvalue weighted by Crippen LogP contribution is 2.06. The lowest BCUT2D eigenvalue weighted by atomic mass is 10.4. The maximum atomic E-state index is 5.24. The standard InChI is InChI=1S/C9H12N2O/c1-3-5-10-8(4-2)9-11-6-7-12-9/h3-5H,1,6-7H2,2H3/b8-4-,10-5?. The van der Waals surface area contributed by atoms with E-state index in [1.54, 1.807) is 12.3 Å². The van der Waals surface area contributed by atoms with Gasteiger partial charge in [0.15, 0.2) is 0 Å². The predicted octanol–water partition coefficient (Wildman–Crippen LogP) is 1.58. The molecule has 1 aliphatic heterocycles. The number of ether oxygens (including phenoxy) is 1. The number of hydrogen-bond acceptors (Lipinski definition) is 3. The second-order valence-corrected chi connectivity index (χ2v) is 2.22. The Bertz CT molecular complexity index is 251. The highest BCUT2D eigenvalue weighted by Gasteiger charge is 2.10. The first kappa shape index (κ1) is 8.71. The van der Waals surface area contributed by atoms with Gasteiger partial charge in [0.1, 0.15) is 12.3 Å². The van der Waals surface area contributed by atoms with E-state index in [4.69, 9.17) is 4.74 Å². The number of hydrogen-bond donors (Lipinski definition) is 0. The summed E-state index contributed by atoms with van der Waals surface area (Å²) in [6.07, 6.45) is 5.11. The molecule has 12 heavy (non-hydrogen) atoms. The molecule has 0 bridgehead atoms. The fourth-order valence-corrected chi connectivity index (χ4v) is 0.876. The topological polar surface area (TPSA) is 34.0 Å². The first-order valence-electron chi connectivity index (χ1n) is 3.87. The Morgan fingerprint density at radius 3 is 3.08 bits per heavy atom. The zero-order valence-electron chi connectivity index (χ0n) is 7.16. The zero-order valence-corrected chi connectivity index (χ0v) is 7.16. The van der Waals surface area contributed by atoms with Gasteiger partial charge in [-0.25, -0.2) is 4.99 Å². The molecule has 0 unspecified atom stereocenters. The van der Waals surface area contributed by atoms with Crippen LogP contribution in [0.15, 0.2) is 34.4 Å². The SMILES string of the molecule is C=CC=N/C(=C\C)C1=NCCO1. The lowest BCUT2D eigenvalue weighted by molar-refractivity contribution is 0.347. The average molecular weight is 164 g/mol. The molecule has 0 saturated heterocycles. The highest BCUT2D eigenvalue weighted by molar-refractivity contribution is 5.95. The van der Waals surface area contributed by atoms with Crippen molar-refractivity contribution < 1.29 is 4.74 Å². The zero-order chi connectivity index (χ0) is 8.81. The molecule has 64 valence electrons. The highest BCUT2D eigenvalue weighted by atomic mass is 16.5. The van der Waals surface area contributed by atoms with Gasteiger partial charge in [-0.1, -0.05) is 18.7 Å².